The number of hydrogen-bond donors (Lipinski definition) is 0. The molecule has 142 valence electrons. The molecule has 0 aliphatic heterocycles. The van der Waals surface area contributed by atoms with Gasteiger partial charge in [-0.2, -0.15) is 0 Å². The second-order valence-electron chi connectivity index (χ2n) is 6.98. The summed E-state index contributed by atoms with van der Waals surface area (Å²) in [6, 6.07) is 30.0. The van der Waals surface area contributed by atoms with Gasteiger partial charge in [-0.25, -0.2) is 0 Å². The summed E-state index contributed by atoms with van der Waals surface area (Å²) in [6.07, 6.45) is 1.48. The summed E-state index contributed by atoms with van der Waals surface area (Å²) in [6.45, 7) is 0. The van der Waals surface area contributed by atoms with Crippen molar-refractivity contribution in [1.82, 2.24) is 4.90 Å². The van der Waals surface area contributed by atoms with Crippen molar-refractivity contribution < 1.29 is 4.79 Å². The summed E-state index contributed by atoms with van der Waals surface area (Å²) < 4.78 is 0. The van der Waals surface area contributed by atoms with Crippen LogP contribution in [0.3, 0.4) is 0 Å². The molecule has 0 aliphatic rings. The van der Waals surface area contributed by atoms with E-state index in [4.69, 9.17) is 4.99 Å². The van der Waals surface area contributed by atoms with Crippen LogP contribution in [0.4, 0.5) is 0 Å². The average molecular weight is 370 g/mol. The molecule has 0 heterocycles. The molecule has 0 N–H and O–H groups in total. The van der Waals surface area contributed by atoms with Crippen LogP contribution < -0.4 is 0 Å². The zero-order valence-corrected chi connectivity index (χ0v) is 16.5. The summed E-state index contributed by atoms with van der Waals surface area (Å²) in [5.74, 6) is 0.0280. The molecule has 1 amide bonds. The fraction of sp³-hybridized carbons (Fsp3) is 0.200. The number of carbonyl (C=O) groups is 1. The number of benzene rings is 3. The van der Waals surface area contributed by atoms with Gasteiger partial charge in [-0.05, 0) is 18.4 Å². The average Bonchev–Trinajstić information content (AvgIpc) is 2.75. The van der Waals surface area contributed by atoms with Crippen molar-refractivity contribution in [3.8, 4) is 0 Å². The van der Waals surface area contributed by atoms with E-state index in [1.54, 1.807) is 19.0 Å². The lowest BCUT2D eigenvalue weighted by Gasteiger charge is -2.19. The molecule has 3 aromatic carbocycles. The van der Waals surface area contributed by atoms with Gasteiger partial charge in [0.2, 0.25) is 5.91 Å². The molecule has 1 atom stereocenters. The first kappa shape index (κ1) is 19.6. The molecule has 0 aromatic heterocycles. The van der Waals surface area contributed by atoms with Crippen LogP contribution in [0.5, 0.6) is 0 Å². The predicted molar refractivity (Wildman–Crippen MR) is 116 cm³/mol. The molecule has 0 aliphatic carbocycles. The highest BCUT2D eigenvalue weighted by Gasteiger charge is 2.21. The van der Waals surface area contributed by atoms with Gasteiger partial charge < -0.3 is 4.90 Å². The first-order valence-electron chi connectivity index (χ1n) is 9.59. The van der Waals surface area contributed by atoms with E-state index < -0.39 is 6.04 Å². The predicted octanol–water partition coefficient (Wildman–Crippen LogP) is 4.61. The van der Waals surface area contributed by atoms with Gasteiger partial charge in [0.15, 0.2) is 0 Å². The zero-order chi connectivity index (χ0) is 19.8. The number of likely N-dealkylation sites (N-methyl/N-ethyl adjacent to an activating group) is 1. The maximum absolute atomic E-state index is 12.9. The Morgan fingerprint density at radius 1 is 0.786 bits per heavy atom. The minimum Gasteiger partial charge on any atom is -0.347 e. The monoisotopic (exact) mass is 370 g/mol. The van der Waals surface area contributed by atoms with Gasteiger partial charge in [0.05, 0.1) is 5.71 Å². The number of hydrogen-bond acceptors (Lipinski definition) is 2. The molecular weight excluding hydrogens is 344 g/mol. The minimum atomic E-state index is -0.425. The fourth-order valence-electron chi connectivity index (χ4n) is 3.15. The van der Waals surface area contributed by atoms with E-state index in [2.05, 4.69) is 12.1 Å². The molecule has 0 fully saturated rings. The van der Waals surface area contributed by atoms with E-state index >= 15 is 0 Å². The highest BCUT2D eigenvalue weighted by molar-refractivity contribution is 6.13. The van der Waals surface area contributed by atoms with Crippen molar-refractivity contribution >= 4 is 11.6 Å². The molecule has 0 bridgehead atoms. The van der Waals surface area contributed by atoms with Gasteiger partial charge in [-0.3, -0.25) is 9.79 Å². The van der Waals surface area contributed by atoms with E-state index in [0.29, 0.717) is 6.42 Å². The third-order valence-corrected chi connectivity index (χ3v) is 4.65. The Morgan fingerprint density at radius 2 is 1.25 bits per heavy atom. The number of amides is 1. The largest absolute Gasteiger partial charge is 0.347 e. The molecule has 3 rings (SSSR count). The van der Waals surface area contributed by atoms with E-state index in [-0.39, 0.29) is 5.91 Å². The van der Waals surface area contributed by atoms with Crippen LogP contribution in [0, 0.1) is 0 Å². The Morgan fingerprint density at radius 3 is 1.71 bits per heavy atom. The first-order chi connectivity index (χ1) is 13.6. The summed E-state index contributed by atoms with van der Waals surface area (Å²) >= 11 is 0. The maximum Gasteiger partial charge on any atom is 0.246 e. The van der Waals surface area contributed by atoms with E-state index in [9.17, 15) is 4.79 Å². The molecule has 0 radical (unpaired) electrons. The Balaban J connectivity index is 1.97. The standard InChI is InChI=1S/C25H26N2O/c1-27(2)25(28)23(19-18-20-12-6-3-7-13-20)26-24(21-14-8-4-9-15-21)22-16-10-5-11-17-22/h3-17,23H,18-19H2,1-2H3. The number of nitrogens with zero attached hydrogens (tertiary/aromatic N) is 2. The van der Waals surface area contributed by atoms with E-state index in [0.717, 1.165) is 23.3 Å². The first-order valence-corrected chi connectivity index (χ1v) is 9.59. The van der Waals surface area contributed by atoms with Gasteiger partial charge in [-0.15, -0.1) is 0 Å². The topological polar surface area (TPSA) is 32.7 Å². The summed E-state index contributed by atoms with van der Waals surface area (Å²) in [7, 11) is 3.58. The Labute approximate surface area is 167 Å². The number of aliphatic imine (C=N–C) groups is 1. The van der Waals surface area contributed by atoms with Crippen molar-refractivity contribution in [2.45, 2.75) is 18.9 Å². The van der Waals surface area contributed by atoms with Crippen molar-refractivity contribution in [3.05, 3.63) is 108 Å². The van der Waals surface area contributed by atoms with Gasteiger partial charge in [0, 0.05) is 25.2 Å². The van der Waals surface area contributed by atoms with Crippen LogP contribution in [-0.4, -0.2) is 36.7 Å². The second-order valence-corrected chi connectivity index (χ2v) is 6.98. The summed E-state index contributed by atoms with van der Waals surface area (Å²) in [4.78, 5) is 19.5. The number of rotatable bonds is 7. The molecule has 3 heteroatoms. The SMILES string of the molecule is CN(C)C(=O)C(CCc1ccccc1)N=C(c1ccccc1)c1ccccc1. The van der Waals surface area contributed by atoms with Crippen molar-refractivity contribution in [3.63, 3.8) is 0 Å². The zero-order valence-electron chi connectivity index (χ0n) is 16.5. The van der Waals surface area contributed by atoms with Crippen molar-refractivity contribution in [2.24, 2.45) is 4.99 Å². The quantitative estimate of drug-likeness (QED) is 0.559. The molecule has 28 heavy (non-hydrogen) atoms. The molecule has 0 spiro atoms. The number of carbonyl (C=O) groups excluding carboxylic acids is 1. The Hall–Kier alpha value is -3.20. The van der Waals surface area contributed by atoms with E-state index in [1.165, 1.54) is 5.56 Å². The Kier molecular flexibility index (Phi) is 6.74. The smallest absolute Gasteiger partial charge is 0.246 e. The van der Waals surface area contributed by atoms with Gasteiger partial charge in [-0.1, -0.05) is 91.0 Å². The van der Waals surface area contributed by atoms with Crippen LogP contribution in [0.2, 0.25) is 0 Å². The van der Waals surface area contributed by atoms with Crippen LogP contribution in [0.15, 0.2) is 96.0 Å². The molecule has 0 saturated carbocycles. The second kappa shape index (κ2) is 9.65. The van der Waals surface area contributed by atoms with Crippen LogP contribution in [0.25, 0.3) is 0 Å². The van der Waals surface area contributed by atoms with Gasteiger partial charge >= 0.3 is 0 Å². The molecule has 1 unspecified atom stereocenters. The lowest BCUT2D eigenvalue weighted by atomic mass is 10.00. The lowest BCUT2D eigenvalue weighted by Crippen LogP contribution is -2.33. The fourth-order valence-corrected chi connectivity index (χ4v) is 3.15. The highest BCUT2D eigenvalue weighted by Crippen LogP contribution is 2.16. The molecule has 3 aromatic rings. The third kappa shape index (κ3) is 5.17. The number of aryl methyl sites for hydroxylation is 1. The van der Waals surface area contributed by atoms with Gasteiger partial charge in [0.1, 0.15) is 6.04 Å². The van der Waals surface area contributed by atoms with Crippen LogP contribution in [-0.2, 0) is 11.2 Å². The van der Waals surface area contributed by atoms with Crippen molar-refractivity contribution in [1.29, 1.82) is 0 Å². The molecule has 0 saturated heterocycles. The molecular formula is C25H26N2O. The maximum atomic E-state index is 12.9. The Bertz CT molecular complexity index is 862. The summed E-state index contributed by atoms with van der Waals surface area (Å²) in [5.41, 5.74) is 4.11. The van der Waals surface area contributed by atoms with Crippen LogP contribution in [0.1, 0.15) is 23.1 Å². The van der Waals surface area contributed by atoms with E-state index in [1.807, 2.05) is 78.9 Å². The van der Waals surface area contributed by atoms with Gasteiger partial charge in [0.25, 0.3) is 0 Å². The normalized spacial score (nSPS) is 11.5. The van der Waals surface area contributed by atoms with Crippen LogP contribution >= 0.6 is 0 Å². The third-order valence-electron chi connectivity index (χ3n) is 4.65. The minimum absolute atomic E-state index is 0.0280. The van der Waals surface area contributed by atoms with Crippen molar-refractivity contribution in [2.75, 3.05) is 14.1 Å². The lowest BCUT2D eigenvalue weighted by molar-refractivity contribution is -0.130. The summed E-state index contributed by atoms with van der Waals surface area (Å²) in [5, 5.41) is 0. The highest BCUT2D eigenvalue weighted by atomic mass is 16.2. The molecule has 3 nitrogen and oxygen atoms in total.